The lowest BCUT2D eigenvalue weighted by Crippen LogP contribution is -2.26. The zero-order chi connectivity index (χ0) is 12.6. The number of aromatic nitrogens is 2. The van der Waals surface area contributed by atoms with Gasteiger partial charge < -0.3 is 5.73 Å². The molecule has 0 fully saturated rings. The van der Waals surface area contributed by atoms with Crippen molar-refractivity contribution in [1.29, 1.82) is 0 Å². The van der Waals surface area contributed by atoms with Crippen molar-refractivity contribution in [3.8, 4) is 0 Å². The molecule has 1 heterocycles. The molecule has 0 aliphatic rings. The quantitative estimate of drug-likeness (QED) is 0.870. The van der Waals surface area contributed by atoms with Crippen molar-refractivity contribution >= 4 is 0 Å². The predicted octanol–water partition coefficient (Wildman–Crippen LogP) is 1.97. The summed E-state index contributed by atoms with van der Waals surface area (Å²) < 4.78 is 38.5. The highest BCUT2D eigenvalue weighted by atomic mass is 19.4. The van der Waals surface area contributed by atoms with E-state index in [4.69, 9.17) is 5.73 Å². The minimum Gasteiger partial charge on any atom is -0.330 e. The summed E-state index contributed by atoms with van der Waals surface area (Å²) in [6, 6.07) is 1.08. The van der Waals surface area contributed by atoms with Crippen LogP contribution in [0, 0.1) is 5.41 Å². The van der Waals surface area contributed by atoms with Crippen molar-refractivity contribution < 1.29 is 13.2 Å². The van der Waals surface area contributed by atoms with Gasteiger partial charge >= 0.3 is 6.18 Å². The maximum Gasteiger partial charge on any atom is 0.435 e. The summed E-state index contributed by atoms with van der Waals surface area (Å²) in [4.78, 5) is 0. The molecule has 16 heavy (non-hydrogen) atoms. The number of nitrogens with two attached hydrogens (primary N) is 1. The van der Waals surface area contributed by atoms with E-state index in [0.717, 1.165) is 6.07 Å². The third kappa shape index (κ3) is 2.98. The number of alkyl halides is 3. The fourth-order valence-electron chi connectivity index (χ4n) is 1.37. The van der Waals surface area contributed by atoms with E-state index in [2.05, 4.69) is 5.10 Å². The van der Waals surface area contributed by atoms with Crippen molar-refractivity contribution in [1.82, 2.24) is 9.78 Å². The summed E-state index contributed by atoms with van der Waals surface area (Å²) >= 11 is 0. The van der Waals surface area contributed by atoms with Gasteiger partial charge in [0, 0.05) is 12.7 Å². The van der Waals surface area contributed by atoms with Crippen LogP contribution in [-0.4, -0.2) is 16.3 Å². The van der Waals surface area contributed by atoms with Crippen molar-refractivity contribution in [3.05, 3.63) is 17.5 Å². The fourth-order valence-corrected chi connectivity index (χ4v) is 1.37. The molecule has 2 N–H and O–H groups in total. The third-order valence-electron chi connectivity index (χ3n) is 2.48. The number of hydrogen-bond acceptors (Lipinski definition) is 2. The molecule has 0 aliphatic heterocycles. The predicted molar refractivity (Wildman–Crippen MR) is 54.7 cm³/mol. The van der Waals surface area contributed by atoms with E-state index in [-0.39, 0.29) is 5.41 Å². The summed E-state index contributed by atoms with van der Waals surface area (Å²) in [5.74, 6) is 0. The van der Waals surface area contributed by atoms with Gasteiger partial charge in [0.25, 0.3) is 0 Å². The molecule has 6 heteroatoms. The highest BCUT2D eigenvalue weighted by Gasteiger charge is 2.35. The van der Waals surface area contributed by atoms with Crippen LogP contribution in [0.25, 0.3) is 0 Å². The zero-order valence-corrected chi connectivity index (χ0v) is 9.60. The first kappa shape index (κ1) is 13.0. The molecule has 92 valence electrons. The second-order valence-corrected chi connectivity index (χ2v) is 4.69. The molecule has 1 aromatic heterocycles. The van der Waals surface area contributed by atoms with Gasteiger partial charge in [-0.3, -0.25) is 4.68 Å². The van der Waals surface area contributed by atoms with Crippen LogP contribution < -0.4 is 5.73 Å². The second-order valence-electron chi connectivity index (χ2n) is 4.69. The molecular formula is C10H16F3N3. The highest BCUT2D eigenvalue weighted by molar-refractivity contribution is 5.14. The molecule has 0 atom stereocenters. The number of nitrogens with zero attached hydrogens (tertiary/aromatic N) is 2. The molecule has 0 spiro atoms. The third-order valence-corrected chi connectivity index (χ3v) is 2.48. The normalized spacial score (nSPS) is 13.2. The van der Waals surface area contributed by atoms with E-state index in [1.807, 2.05) is 13.8 Å². The fraction of sp³-hybridized carbons (Fsp3) is 0.700. The lowest BCUT2D eigenvalue weighted by molar-refractivity contribution is -0.141. The van der Waals surface area contributed by atoms with Crippen LogP contribution in [0.5, 0.6) is 0 Å². The van der Waals surface area contributed by atoms with Gasteiger partial charge in [-0.2, -0.15) is 18.3 Å². The van der Waals surface area contributed by atoms with Gasteiger partial charge in [0.15, 0.2) is 5.69 Å². The van der Waals surface area contributed by atoms with E-state index in [1.165, 1.54) is 11.7 Å². The van der Waals surface area contributed by atoms with Crippen LogP contribution >= 0.6 is 0 Å². The highest BCUT2D eigenvalue weighted by Crippen LogP contribution is 2.30. The summed E-state index contributed by atoms with van der Waals surface area (Å²) in [5, 5.41) is 3.45. The minimum absolute atomic E-state index is 0.226. The Balaban J connectivity index is 2.95. The van der Waals surface area contributed by atoms with Crippen molar-refractivity contribution in [3.63, 3.8) is 0 Å². The Hall–Kier alpha value is -1.04. The first-order valence-corrected chi connectivity index (χ1v) is 4.96. The van der Waals surface area contributed by atoms with Crippen LogP contribution in [0.15, 0.2) is 6.07 Å². The molecule has 0 amide bonds. The molecule has 0 aromatic carbocycles. The van der Waals surface area contributed by atoms with Crippen LogP contribution in [0.2, 0.25) is 0 Å². The molecule has 3 nitrogen and oxygen atoms in total. The van der Waals surface area contributed by atoms with Crippen LogP contribution in [0.4, 0.5) is 13.2 Å². The average Bonchev–Trinajstić information content (AvgIpc) is 2.47. The van der Waals surface area contributed by atoms with Gasteiger partial charge in [-0.1, -0.05) is 13.8 Å². The Labute approximate surface area is 92.4 Å². The van der Waals surface area contributed by atoms with Crippen LogP contribution in [0.1, 0.15) is 25.2 Å². The van der Waals surface area contributed by atoms with Crippen molar-refractivity contribution in [2.75, 3.05) is 6.54 Å². The molecule has 0 saturated heterocycles. The van der Waals surface area contributed by atoms with Crippen molar-refractivity contribution in [2.24, 2.45) is 18.2 Å². The Morgan fingerprint density at radius 1 is 1.38 bits per heavy atom. The van der Waals surface area contributed by atoms with Gasteiger partial charge in [0.2, 0.25) is 0 Å². The van der Waals surface area contributed by atoms with Gasteiger partial charge in [-0.25, -0.2) is 0 Å². The van der Waals surface area contributed by atoms with Gasteiger partial charge in [-0.05, 0) is 24.4 Å². The Morgan fingerprint density at radius 2 is 1.94 bits per heavy atom. The lowest BCUT2D eigenvalue weighted by atomic mass is 9.88. The number of halogens is 3. The SMILES string of the molecule is Cn1nc(C(F)(F)F)cc1CC(C)(C)CN. The van der Waals surface area contributed by atoms with Gasteiger partial charge in [-0.15, -0.1) is 0 Å². The summed E-state index contributed by atoms with van der Waals surface area (Å²) in [6.45, 7) is 4.24. The first-order chi connectivity index (χ1) is 7.15. The molecule has 0 unspecified atom stereocenters. The van der Waals surface area contributed by atoms with Crippen LogP contribution in [0.3, 0.4) is 0 Å². The van der Waals surface area contributed by atoms with E-state index < -0.39 is 11.9 Å². The van der Waals surface area contributed by atoms with E-state index >= 15 is 0 Å². The Morgan fingerprint density at radius 3 is 2.31 bits per heavy atom. The Kier molecular flexibility index (Phi) is 3.33. The van der Waals surface area contributed by atoms with E-state index in [0.29, 0.717) is 18.7 Å². The Bertz CT molecular complexity index is 366. The van der Waals surface area contributed by atoms with Crippen LogP contribution in [-0.2, 0) is 19.6 Å². The molecule has 0 saturated carbocycles. The lowest BCUT2D eigenvalue weighted by Gasteiger charge is -2.21. The average molecular weight is 235 g/mol. The maximum absolute atomic E-state index is 12.4. The van der Waals surface area contributed by atoms with E-state index in [9.17, 15) is 13.2 Å². The number of hydrogen-bond donors (Lipinski definition) is 1. The standard InChI is InChI=1S/C10H16F3N3/c1-9(2,6-14)5-7-4-8(10(11,12)13)15-16(7)3/h4H,5-6,14H2,1-3H3. The summed E-state index contributed by atoms with van der Waals surface area (Å²) in [5.41, 5.74) is 5.01. The second kappa shape index (κ2) is 4.08. The molecule has 0 aliphatic carbocycles. The van der Waals surface area contributed by atoms with E-state index in [1.54, 1.807) is 0 Å². The zero-order valence-electron chi connectivity index (χ0n) is 9.60. The smallest absolute Gasteiger partial charge is 0.330 e. The van der Waals surface area contributed by atoms with Gasteiger partial charge in [0.1, 0.15) is 0 Å². The van der Waals surface area contributed by atoms with Crippen molar-refractivity contribution in [2.45, 2.75) is 26.4 Å². The molecule has 0 radical (unpaired) electrons. The topological polar surface area (TPSA) is 43.8 Å². The molecule has 1 rings (SSSR count). The first-order valence-electron chi connectivity index (χ1n) is 4.96. The largest absolute Gasteiger partial charge is 0.435 e. The summed E-state index contributed by atoms with van der Waals surface area (Å²) in [6.07, 6.45) is -3.91. The molecule has 0 bridgehead atoms. The minimum atomic E-state index is -4.39. The number of rotatable bonds is 3. The molecule has 1 aromatic rings. The summed E-state index contributed by atoms with van der Waals surface area (Å²) in [7, 11) is 1.51. The molecular weight excluding hydrogens is 219 g/mol. The number of aryl methyl sites for hydroxylation is 1. The maximum atomic E-state index is 12.4. The monoisotopic (exact) mass is 235 g/mol. The van der Waals surface area contributed by atoms with Gasteiger partial charge in [0.05, 0.1) is 0 Å².